The fourth-order valence-electron chi connectivity index (χ4n) is 4.64. The molecule has 4 N–H and O–H groups in total. The molecule has 3 atom stereocenters. The maximum Gasteiger partial charge on any atom is 0.0647 e. The fraction of sp³-hybridized carbons (Fsp3) is 0.550. The summed E-state index contributed by atoms with van der Waals surface area (Å²) in [4.78, 5) is 2.48. The van der Waals surface area contributed by atoms with E-state index in [1.54, 1.807) is 6.20 Å². The first kappa shape index (κ1) is 16.6. The molecular weight excluding hydrogens is 310 g/mol. The van der Waals surface area contributed by atoms with Gasteiger partial charge in [0.25, 0.3) is 0 Å². The van der Waals surface area contributed by atoms with Gasteiger partial charge in [0.05, 0.1) is 5.69 Å². The van der Waals surface area contributed by atoms with Gasteiger partial charge in [-0.15, -0.1) is 0 Å². The number of benzene rings is 1. The molecule has 2 fully saturated rings. The molecule has 2 aromatic rings. The molecule has 5 nitrogen and oxygen atoms in total. The standard InChI is InChI=1S/C20H29N5/c21-19-6-1-2-11-20(19,22)16-5-3-13-24(15-16)17-7-9-18(10-8-17)25-14-4-12-23-25/h4,7-10,12,14,16,19H,1-3,5-6,11,13,15,21-22H2/t16-,19+,20+/m0/s1. The van der Waals surface area contributed by atoms with Gasteiger partial charge < -0.3 is 16.4 Å². The predicted octanol–water partition coefficient (Wildman–Crippen LogP) is 2.69. The van der Waals surface area contributed by atoms with Gasteiger partial charge in [-0.25, -0.2) is 4.68 Å². The van der Waals surface area contributed by atoms with Crippen molar-refractivity contribution in [2.24, 2.45) is 17.4 Å². The zero-order valence-corrected chi connectivity index (χ0v) is 14.8. The molecule has 1 saturated heterocycles. The second-order valence-electron chi connectivity index (χ2n) is 7.72. The van der Waals surface area contributed by atoms with Gasteiger partial charge in [0.1, 0.15) is 0 Å². The van der Waals surface area contributed by atoms with Crippen LogP contribution in [0.5, 0.6) is 0 Å². The predicted molar refractivity (Wildman–Crippen MR) is 102 cm³/mol. The molecule has 5 heteroatoms. The molecule has 134 valence electrons. The summed E-state index contributed by atoms with van der Waals surface area (Å²) in [6, 6.07) is 10.8. The lowest BCUT2D eigenvalue weighted by Crippen LogP contribution is -2.64. The number of hydrogen-bond acceptors (Lipinski definition) is 4. The number of anilines is 1. The van der Waals surface area contributed by atoms with Crippen LogP contribution in [-0.4, -0.2) is 34.5 Å². The SMILES string of the molecule is N[C@@H]1CCCC[C@@]1(N)[C@H]1CCCN(c2ccc(-n3cccn3)cc2)C1. The Kier molecular flexibility index (Phi) is 4.52. The Hall–Kier alpha value is -1.85. The van der Waals surface area contributed by atoms with E-state index in [2.05, 4.69) is 34.3 Å². The van der Waals surface area contributed by atoms with Crippen LogP contribution in [0.2, 0.25) is 0 Å². The Balaban J connectivity index is 1.49. The van der Waals surface area contributed by atoms with E-state index in [1.165, 1.54) is 31.4 Å². The van der Waals surface area contributed by atoms with E-state index >= 15 is 0 Å². The molecule has 1 aliphatic carbocycles. The molecule has 0 unspecified atom stereocenters. The Labute approximate surface area is 150 Å². The third kappa shape index (κ3) is 3.18. The number of rotatable bonds is 3. The molecule has 0 radical (unpaired) electrons. The van der Waals surface area contributed by atoms with Crippen LogP contribution in [0.4, 0.5) is 5.69 Å². The van der Waals surface area contributed by atoms with Crippen molar-refractivity contribution in [1.29, 1.82) is 0 Å². The van der Waals surface area contributed by atoms with Crippen LogP contribution in [0, 0.1) is 5.92 Å². The number of nitrogens with zero attached hydrogens (tertiary/aromatic N) is 3. The Morgan fingerprint density at radius 1 is 1.04 bits per heavy atom. The number of hydrogen-bond donors (Lipinski definition) is 2. The van der Waals surface area contributed by atoms with Gasteiger partial charge in [-0.2, -0.15) is 5.10 Å². The van der Waals surface area contributed by atoms with E-state index < -0.39 is 0 Å². The number of nitrogens with two attached hydrogens (primary N) is 2. The highest BCUT2D eigenvalue weighted by Crippen LogP contribution is 2.37. The zero-order valence-electron chi connectivity index (χ0n) is 14.8. The third-order valence-electron chi connectivity index (χ3n) is 6.23. The minimum atomic E-state index is -0.189. The van der Waals surface area contributed by atoms with Crippen molar-refractivity contribution in [3.63, 3.8) is 0 Å². The molecular formula is C20H29N5. The van der Waals surface area contributed by atoms with E-state index in [0.717, 1.165) is 31.6 Å². The van der Waals surface area contributed by atoms with Gasteiger partial charge in [0.15, 0.2) is 0 Å². The van der Waals surface area contributed by atoms with Crippen molar-refractivity contribution in [3.8, 4) is 5.69 Å². The van der Waals surface area contributed by atoms with Crippen LogP contribution in [-0.2, 0) is 0 Å². The largest absolute Gasteiger partial charge is 0.371 e. The van der Waals surface area contributed by atoms with Crippen LogP contribution < -0.4 is 16.4 Å². The van der Waals surface area contributed by atoms with Gasteiger partial charge in [0, 0.05) is 42.8 Å². The highest BCUT2D eigenvalue weighted by atomic mass is 15.3. The monoisotopic (exact) mass is 339 g/mol. The molecule has 4 rings (SSSR count). The number of aromatic nitrogens is 2. The minimum Gasteiger partial charge on any atom is -0.371 e. The van der Waals surface area contributed by atoms with E-state index in [-0.39, 0.29) is 11.6 Å². The van der Waals surface area contributed by atoms with E-state index in [1.807, 2.05) is 16.9 Å². The normalized spacial score (nSPS) is 30.4. The topological polar surface area (TPSA) is 73.1 Å². The molecule has 1 aliphatic heterocycles. The minimum absolute atomic E-state index is 0.147. The maximum absolute atomic E-state index is 6.84. The summed E-state index contributed by atoms with van der Waals surface area (Å²) < 4.78 is 1.89. The third-order valence-corrected chi connectivity index (χ3v) is 6.23. The first-order valence-corrected chi connectivity index (χ1v) is 9.56. The quantitative estimate of drug-likeness (QED) is 0.902. The molecule has 0 bridgehead atoms. The van der Waals surface area contributed by atoms with Crippen LogP contribution in [0.1, 0.15) is 38.5 Å². The Morgan fingerprint density at radius 3 is 2.56 bits per heavy atom. The van der Waals surface area contributed by atoms with Crippen LogP contribution >= 0.6 is 0 Å². The molecule has 25 heavy (non-hydrogen) atoms. The molecule has 0 spiro atoms. The van der Waals surface area contributed by atoms with E-state index in [0.29, 0.717) is 5.92 Å². The van der Waals surface area contributed by atoms with Crippen molar-refractivity contribution in [3.05, 3.63) is 42.7 Å². The molecule has 2 aliphatic rings. The molecule has 1 aromatic heterocycles. The summed E-state index contributed by atoms with van der Waals surface area (Å²) in [7, 11) is 0. The lowest BCUT2D eigenvalue weighted by molar-refractivity contribution is 0.148. The fourth-order valence-corrected chi connectivity index (χ4v) is 4.64. The van der Waals surface area contributed by atoms with Crippen molar-refractivity contribution in [2.75, 3.05) is 18.0 Å². The summed E-state index contributed by atoms with van der Waals surface area (Å²) in [6.07, 6.45) is 10.8. The number of piperidine rings is 1. The first-order chi connectivity index (χ1) is 12.2. The maximum atomic E-state index is 6.84. The van der Waals surface area contributed by atoms with Crippen LogP contribution in [0.3, 0.4) is 0 Å². The lowest BCUT2D eigenvalue weighted by Gasteiger charge is -2.49. The van der Waals surface area contributed by atoms with Gasteiger partial charge >= 0.3 is 0 Å². The average Bonchev–Trinajstić information content (AvgIpc) is 3.19. The molecule has 0 amide bonds. The van der Waals surface area contributed by atoms with Gasteiger partial charge in [-0.1, -0.05) is 12.8 Å². The van der Waals surface area contributed by atoms with Crippen LogP contribution in [0.25, 0.3) is 5.69 Å². The molecule has 1 saturated carbocycles. The smallest absolute Gasteiger partial charge is 0.0647 e. The second-order valence-corrected chi connectivity index (χ2v) is 7.72. The van der Waals surface area contributed by atoms with Crippen molar-refractivity contribution >= 4 is 5.69 Å². The second kappa shape index (κ2) is 6.81. The Morgan fingerprint density at radius 2 is 1.84 bits per heavy atom. The molecule has 2 heterocycles. The van der Waals surface area contributed by atoms with Gasteiger partial charge in [-0.3, -0.25) is 0 Å². The van der Waals surface area contributed by atoms with Gasteiger partial charge in [0.2, 0.25) is 0 Å². The van der Waals surface area contributed by atoms with E-state index in [9.17, 15) is 0 Å². The van der Waals surface area contributed by atoms with Crippen LogP contribution in [0.15, 0.2) is 42.7 Å². The van der Waals surface area contributed by atoms with Crippen molar-refractivity contribution in [1.82, 2.24) is 9.78 Å². The summed E-state index contributed by atoms with van der Waals surface area (Å²) in [6.45, 7) is 2.12. The summed E-state index contributed by atoms with van der Waals surface area (Å²) >= 11 is 0. The van der Waals surface area contributed by atoms with Gasteiger partial charge in [-0.05, 0) is 61.9 Å². The van der Waals surface area contributed by atoms with E-state index in [4.69, 9.17) is 11.5 Å². The summed E-state index contributed by atoms with van der Waals surface area (Å²) in [5, 5.41) is 4.29. The summed E-state index contributed by atoms with van der Waals surface area (Å²) in [5.74, 6) is 0.488. The van der Waals surface area contributed by atoms with Crippen molar-refractivity contribution in [2.45, 2.75) is 50.1 Å². The Bertz CT molecular complexity index is 681. The average molecular weight is 339 g/mol. The first-order valence-electron chi connectivity index (χ1n) is 9.56. The highest BCUT2D eigenvalue weighted by Gasteiger charge is 2.43. The highest BCUT2D eigenvalue weighted by molar-refractivity contribution is 5.51. The lowest BCUT2D eigenvalue weighted by atomic mass is 9.68. The molecule has 1 aromatic carbocycles. The summed E-state index contributed by atoms with van der Waals surface area (Å²) in [5.41, 5.74) is 15.5. The van der Waals surface area contributed by atoms with Crippen molar-refractivity contribution < 1.29 is 0 Å². The zero-order chi connectivity index (χ0) is 17.3.